The highest BCUT2D eigenvalue weighted by atomic mass is 14.9. The quantitative estimate of drug-likeness (QED) is 0.714. The molecule has 0 saturated heterocycles. The molecule has 1 aromatic carbocycles. The number of aryl methyl sites for hydroxylation is 3. The smallest absolute Gasteiger partial charge is 0.0401 e. The van der Waals surface area contributed by atoms with Crippen LogP contribution in [0.2, 0.25) is 0 Å². The lowest BCUT2D eigenvalue weighted by Crippen LogP contribution is -2.24. The lowest BCUT2D eigenvalue weighted by Gasteiger charge is -2.26. The largest absolute Gasteiger partial charge is 0.382 e. The van der Waals surface area contributed by atoms with Gasteiger partial charge in [0.25, 0.3) is 0 Å². The number of nitrogens with one attached hydrogen (secondary N) is 1. The average molecular weight is 261 g/mol. The first kappa shape index (κ1) is 16.1. The fourth-order valence-corrected chi connectivity index (χ4v) is 2.96. The third-order valence-corrected chi connectivity index (χ3v) is 3.54. The molecule has 1 nitrogen and oxygen atoms in total. The van der Waals surface area contributed by atoms with Gasteiger partial charge >= 0.3 is 0 Å². The third-order valence-electron chi connectivity index (χ3n) is 3.54. The van der Waals surface area contributed by atoms with Crippen molar-refractivity contribution in [1.29, 1.82) is 0 Å². The third kappa shape index (κ3) is 5.26. The zero-order valence-electron chi connectivity index (χ0n) is 13.8. The number of hydrogen-bond donors (Lipinski definition) is 1. The van der Waals surface area contributed by atoms with E-state index < -0.39 is 0 Å². The van der Waals surface area contributed by atoms with Gasteiger partial charge in [0.2, 0.25) is 0 Å². The zero-order valence-corrected chi connectivity index (χ0v) is 13.8. The molecule has 0 aromatic heterocycles. The van der Waals surface area contributed by atoms with Crippen LogP contribution in [0.5, 0.6) is 0 Å². The molecule has 1 rings (SSSR count). The lowest BCUT2D eigenvalue weighted by molar-refractivity contribution is 0.442. The van der Waals surface area contributed by atoms with Crippen molar-refractivity contribution < 1.29 is 0 Å². The highest BCUT2D eigenvalue weighted by Gasteiger charge is 2.15. The van der Waals surface area contributed by atoms with Crippen LogP contribution < -0.4 is 5.32 Å². The number of anilines is 1. The maximum atomic E-state index is 3.81. The molecule has 0 aliphatic rings. The van der Waals surface area contributed by atoms with Gasteiger partial charge in [-0.25, -0.2) is 0 Å². The van der Waals surface area contributed by atoms with Gasteiger partial charge in [-0.3, -0.25) is 0 Å². The van der Waals surface area contributed by atoms with Crippen LogP contribution in [0, 0.1) is 32.6 Å². The summed E-state index contributed by atoms with van der Waals surface area (Å²) >= 11 is 0. The minimum atomic E-state index is 0.583. The highest BCUT2D eigenvalue weighted by molar-refractivity contribution is 5.58. The number of hydrogen-bond acceptors (Lipinski definition) is 1. The van der Waals surface area contributed by atoms with Gasteiger partial charge in [0.05, 0.1) is 0 Å². The fraction of sp³-hybridized carbons (Fsp3) is 0.667. The van der Waals surface area contributed by atoms with Gasteiger partial charge in [0, 0.05) is 11.7 Å². The molecule has 0 saturated carbocycles. The molecular weight excluding hydrogens is 230 g/mol. The SMILES string of the molecule is Cc1cc(C)c(NC(CC(C)C)CC(C)C)c(C)c1. The van der Waals surface area contributed by atoms with Gasteiger partial charge in [-0.1, -0.05) is 45.4 Å². The summed E-state index contributed by atoms with van der Waals surface area (Å²) in [5.74, 6) is 1.48. The van der Waals surface area contributed by atoms with Crippen molar-refractivity contribution in [2.75, 3.05) is 5.32 Å². The zero-order chi connectivity index (χ0) is 14.6. The number of rotatable bonds is 6. The summed E-state index contributed by atoms with van der Waals surface area (Å²) in [6.45, 7) is 15.8. The van der Waals surface area contributed by atoms with Crippen molar-refractivity contribution >= 4 is 5.69 Å². The molecular formula is C18H31N. The Labute approximate surface area is 119 Å². The first-order valence-corrected chi connectivity index (χ1v) is 7.64. The van der Waals surface area contributed by atoms with Crippen LogP contribution >= 0.6 is 0 Å². The predicted octanol–water partition coefficient (Wildman–Crippen LogP) is 5.48. The maximum Gasteiger partial charge on any atom is 0.0401 e. The minimum Gasteiger partial charge on any atom is -0.382 e. The Kier molecular flexibility index (Phi) is 5.90. The second-order valence-corrected chi connectivity index (χ2v) is 6.87. The molecule has 1 aromatic rings. The molecule has 0 atom stereocenters. The van der Waals surface area contributed by atoms with E-state index in [1.54, 1.807) is 0 Å². The summed E-state index contributed by atoms with van der Waals surface area (Å²) in [6.07, 6.45) is 2.48. The molecule has 0 unspecified atom stereocenters. The summed E-state index contributed by atoms with van der Waals surface area (Å²) in [6, 6.07) is 5.13. The molecule has 0 radical (unpaired) electrons. The number of benzene rings is 1. The van der Waals surface area contributed by atoms with Crippen molar-refractivity contribution in [2.24, 2.45) is 11.8 Å². The van der Waals surface area contributed by atoms with E-state index in [-0.39, 0.29) is 0 Å². The Balaban J connectivity index is 2.89. The van der Waals surface area contributed by atoms with Crippen LogP contribution in [0.1, 0.15) is 57.2 Å². The van der Waals surface area contributed by atoms with Crippen molar-refractivity contribution in [3.8, 4) is 0 Å². The molecule has 108 valence electrons. The van der Waals surface area contributed by atoms with Crippen LogP contribution in [0.15, 0.2) is 12.1 Å². The van der Waals surface area contributed by atoms with Gasteiger partial charge in [-0.05, 0) is 56.6 Å². The Morgan fingerprint density at radius 1 is 0.842 bits per heavy atom. The van der Waals surface area contributed by atoms with Gasteiger partial charge in [-0.15, -0.1) is 0 Å². The molecule has 0 aliphatic heterocycles. The predicted molar refractivity (Wildman–Crippen MR) is 87.0 cm³/mol. The van der Waals surface area contributed by atoms with Crippen molar-refractivity contribution in [1.82, 2.24) is 0 Å². The molecule has 1 N–H and O–H groups in total. The van der Waals surface area contributed by atoms with Gasteiger partial charge in [0.1, 0.15) is 0 Å². The second kappa shape index (κ2) is 6.98. The van der Waals surface area contributed by atoms with Crippen LogP contribution in [-0.2, 0) is 0 Å². The van der Waals surface area contributed by atoms with E-state index >= 15 is 0 Å². The van der Waals surface area contributed by atoms with Crippen LogP contribution in [0.4, 0.5) is 5.69 Å². The average Bonchev–Trinajstić information content (AvgIpc) is 2.21. The molecule has 0 fully saturated rings. The van der Waals surface area contributed by atoms with Crippen LogP contribution in [-0.4, -0.2) is 6.04 Å². The van der Waals surface area contributed by atoms with Gasteiger partial charge < -0.3 is 5.32 Å². The first-order valence-electron chi connectivity index (χ1n) is 7.64. The van der Waals surface area contributed by atoms with Gasteiger partial charge in [0.15, 0.2) is 0 Å². The van der Waals surface area contributed by atoms with Crippen molar-refractivity contribution in [2.45, 2.75) is 67.3 Å². The first-order chi connectivity index (χ1) is 8.79. The van der Waals surface area contributed by atoms with Crippen molar-refractivity contribution in [3.05, 3.63) is 28.8 Å². The van der Waals surface area contributed by atoms with E-state index in [9.17, 15) is 0 Å². The van der Waals surface area contributed by atoms with E-state index in [4.69, 9.17) is 0 Å². The van der Waals surface area contributed by atoms with E-state index in [1.807, 2.05) is 0 Å². The minimum absolute atomic E-state index is 0.583. The van der Waals surface area contributed by atoms with E-state index in [0.717, 1.165) is 11.8 Å². The topological polar surface area (TPSA) is 12.0 Å². The summed E-state index contributed by atoms with van der Waals surface area (Å²) in [4.78, 5) is 0. The monoisotopic (exact) mass is 261 g/mol. The second-order valence-electron chi connectivity index (χ2n) is 6.87. The normalized spacial score (nSPS) is 11.7. The summed E-state index contributed by atoms with van der Waals surface area (Å²) < 4.78 is 0. The van der Waals surface area contributed by atoms with Crippen LogP contribution in [0.25, 0.3) is 0 Å². The molecule has 0 aliphatic carbocycles. The fourth-order valence-electron chi connectivity index (χ4n) is 2.96. The lowest BCUT2D eigenvalue weighted by atomic mass is 9.94. The van der Waals surface area contributed by atoms with E-state index in [2.05, 4.69) is 65.9 Å². The Morgan fingerprint density at radius 2 is 1.26 bits per heavy atom. The standard InChI is InChI=1S/C18H31N/c1-12(2)8-17(9-13(3)4)19-18-15(6)10-14(5)11-16(18)7/h10-13,17,19H,8-9H2,1-7H3. The highest BCUT2D eigenvalue weighted by Crippen LogP contribution is 2.25. The van der Waals surface area contributed by atoms with Crippen LogP contribution in [0.3, 0.4) is 0 Å². The Morgan fingerprint density at radius 3 is 1.63 bits per heavy atom. The van der Waals surface area contributed by atoms with E-state index in [0.29, 0.717) is 6.04 Å². The molecule has 0 heterocycles. The molecule has 0 amide bonds. The summed E-state index contributed by atoms with van der Waals surface area (Å²) in [5, 5.41) is 3.81. The van der Waals surface area contributed by atoms with Crippen molar-refractivity contribution in [3.63, 3.8) is 0 Å². The molecule has 1 heteroatoms. The van der Waals surface area contributed by atoms with E-state index in [1.165, 1.54) is 35.2 Å². The summed E-state index contributed by atoms with van der Waals surface area (Å²) in [5.41, 5.74) is 5.44. The Hall–Kier alpha value is -0.980. The Bertz CT molecular complexity index is 371. The molecule has 0 bridgehead atoms. The molecule has 19 heavy (non-hydrogen) atoms. The molecule has 0 spiro atoms. The summed E-state index contributed by atoms with van der Waals surface area (Å²) in [7, 11) is 0. The van der Waals surface area contributed by atoms with Gasteiger partial charge in [-0.2, -0.15) is 0 Å². The maximum absolute atomic E-state index is 3.81.